The molecule has 0 radical (unpaired) electrons. The lowest BCUT2D eigenvalue weighted by atomic mass is 9.97. The van der Waals surface area contributed by atoms with Crippen LogP contribution in [-0.2, 0) is 9.53 Å². The van der Waals surface area contributed by atoms with E-state index >= 15 is 0 Å². The van der Waals surface area contributed by atoms with Crippen LogP contribution in [0.25, 0.3) is 0 Å². The smallest absolute Gasteiger partial charge is 0.225 e. The molecule has 0 spiro atoms. The Morgan fingerprint density at radius 2 is 2.05 bits per heavy atom. The van der Waals surface area contributed by atoms with E-state index in [1.54, 1.807) is 12.1 Å². The largest absolute Gasteiger partial charge is 0.381 e. The first-order valence-corrected chi connectivity index (χ1v) is 7.36. The number of hydrogen-bond donors (Lipinski definition) is 0. The van der Waals surface area contributed by atoms with Crippen LogP contribution in [-0.4, -0.2) is 37.1 Å². The van der Waals surface area contributed by atoms with Gasteiger partial charge in [0.25, 0.3) is 0 Å². The standard InChI is InChI=1S/C16H20FNO2/c17-15-3-1-2-13(10-15)14-4-7-18(11-14)16(19)12-5-8-20-9-6-12/h1-3,10,12,14H,4-9,11H2. The number of carbonyl (C=O) groups is 1. The van der Waals surface area contributed by atoms with Crippen molar-refractivity contribution in [1.82, 2.24) is 4.90 Å². The van der Waals surface area contributed by atoms with Crippen LogP contribution in [0, 0.1) is 11.7 Å². The Kier molecular flexibility index (Phi) is 4.01. The highest BCUT2D eigenvalue weighted by Crippen LogP contribution is 2.29. The van der Waals surface area contributed by atoms with Crippen LogP contribution in [0.1, 0.15) is 30.7 Å². The van der Waals surface area contributed by atoms with Gasteiger partial charge in [-0.2, -0.15) is 0 Å². The Hall–Kier alpha value is -1.42. The molecule has 0 aromatic heterocycles. The molecule has 0 bridgehead atoms. The van der Waals surface area contributed by atoms with Crippen molar-refractivity contribution < 1.29 is 13.9 Å². The van der Waals surface area contributed by atoms with E-state index in [2.05, 4.69) is 0 Å². The summed E-state index contributed by atoms with van der Waals surface area (Å²) in [4.78, 5) is 14.4. The predicted octanol–water partition coefficient (Wildman–Crippen LogP) is 2.57. The molecule has 2 fully saturated rings. The Labute approximate surface area is 118 Å². The highest BCUT2D eigenvalue weighted by Gasteiger charge is 2.32. The summed E-state index contributed by atoms with van der Waals surface area (Å²) in [6.45, 7) is 2.89. The lowest BCUT2D eigenvalue weighted by molar-refractivity contribution is -0.137. The first kappa shape index (κ1) is 13.6. The van der Waals surface area contributed by atoms with Gasteiger partial charge in [0.05, 0.1) is 0 Å². The van der Waals surface area contributed by atoms with Gasteiger partial charge in [-0.25, -0.2) is 4.39 Å². The highest BCUT2D eigenvalue weighted by molar-refractivity contribution is 5.79. The molecule has 4 heteroatoms. The third-order valence-electron chi connectivity index (χ3n) is 4.39. The lowest BCUT2D eigenvalue weighted by Crippen LogP contribution is -2.37. The van der Waals surface area contributed by atoms with Gasteiger partial charge in [0.15, 0.2) is 0 Å². The van der Waals surface area contributed by atoms with Gasteiger partial charge in [-0.1, -0.05) is 12.1 Å². The van der Waals surface area contributed by atoms with E-state index in [1.807, 2.05) is 11.0 Å². The number of likely N-dealkylation sites (tertiary alicyclic amines) is 1. The van der Waals surface area contributed by atoms with Crippen molar-refractivity contribution >= 4 is 5.91 Å². The Morgan fingerprint density at radius 1 is 1.25 bits per heavy atom. The predicted molar refractivity (Wildman–Crippen MR) is 73.9 cm³/mol. The summed E-state index contributed by atoms with van der Waals surface area (Å²) in [6.07, 6.45) is 2.60. The first-order chi connectivity index (χ1) is 9.74. The zero-order chi connectivity index (χ0) is 13.9. The molecule has 0 aliphatic carbocycles. The van der Waals surface area contributed by atoms with Gasteiger partial charge >= 0.3 is 0 Å². The number of benzene rings is 1. The fraction of sp³-hybridized carbons (Fsp3) is 0.562. The van der Waals surface area contributed by atoms with Crippen molar-refractivity contribution in [3.8, 4) is 0 Å². The average molecular weight is 277 g/mol. The van der Waals surface area contributed by atoms with E-state index in [0.717, 1.165) is 37.9 Å². The van der Waals surface area contributed by atoms with Gasteiger partial charge in [-0.15, -0.1) is 0 Å². The molecule has 2 saturated heterocycles. The molecule has 2 aliphatic heterocycles. The summed E-state index contributed by atoms with van der Waals surface area (Å²) in [5.74, 6) is 0.452. The monoisotopic (exact) mass is 277 g/mol. The van der Waals surface area contributed by atoms with E-state index in [-0.39, 0.29) is 23.6 Å². The van der Waals surface area contributed by atoms with Gasteiger partial charge in [0.2, 0.25) is 5.91 Å². The highest BCUT2D eigenvalue weighted by atomic mass is 19.1. The van der Waals surface area contributed by atoms with E-state index in [0.29, 0.717) is 13.2 Å². The number of ether oxygens (including phenoxy) is 1. The van der Waals surface area contributed by atoms with Crippen molar-refractivity contribution in [1.29, 1.82) is 0 Å². The number of hydrogen-bond acceptors (Lipinski definition) is 2. The van der Waals surface area contributed by atoms with Gasteiger partial charge in [-0.05, 0) is 37.0 Å². The van der Waals surface area contributed by atoms with Crippen LogP contribution in [0.2, 0.25) is 0 Å². The van der Waals surface area contributed by atoms with Crippen molar-refractivity contribution in [2.45, 2.75) is 25.2 Å². The molecule has 0 N–H and O–H groups in total. The minimum atomic E-state index is -0.197. The molecule has 3 rings (SSSR count). The van der Waals surface area contributed by atoms with Crippen LogP contribution < -0.4 is 0 Å². The summed E-state index contributed by atoms with van der Waals surface area (Å²) < 4.78 is 18.6. The zero-order valence-corrected chi connectivity index (χ0v) is 11.6. The number of amides is 1. The molecule has 1 atom stereocenters. The topological polar surface area (TPSA) is 29.5 Å². The normalized spacial score (nSPS) is 24.1. The van der Waals surface area contributed by atoms with Crippen LogP contribution in [0.3, 0.4) is 0 Å². The Morgan fingerprint density at radius 3 is 2.80 bits per heavy atom. The van der Waals surface area contributed by atoms with Crippen molar-refractivity contribution in [3.63, 3.8) is 0 Å². The first-order valence-electron chi connectivity index (χ1n) is 7.36. The maximum absolute atomic E-state index is 13.3. The van der Waals surface area contributed by atoms with Crippen LogP contribution >= 0.6 is 0 Å². The number of rotatable bonds is 2. The summed E-state index contributed by atoms with van der Waals surface area (Å²) in [5, 5.41) is 0. The molecule has 3 nitrogen and oxygen atoms in total. The quantitative estimate of drug-likeness (QED) is 0.831. The maximum Gasteiger partial charge on any atom is 0.225 e. The van der Waals surface area contributed by atoms with Gasteiger partial charge in [0, 0.05) is 38.1 Å². The van der Waals surface area contributed by atoms with Crippen molar-refractivity contribution in [3.05, 3.63) is 35.6 Å². The van der Waals surface area contributed by atoms with Crippen molar-refractivity contribution in [2.75, 3.05) is 26.3 Å². The number of halogens is 1. The fourth-order valence-corrected chi connectivity index (χ4v) is 3.20. The molecule has 1 aromatic carbocycles. The van der Waals surface area contributed by atoms with Gasteiger partial charge < -0.3 is 9.64 Å². The molecule has 1 unspecified atom stereocenters. The van der Waals surface area contributed by atoms with Crippen LogP contribution in [0.4, 0.5) is 4.39 Å². The van der Waals surface area contributed by atoms with Crippen LogP contribution in [0.15, 0.2) is 24.3 Å². The minimum absolute atomic E-state index is 0.120. The molecular weight excluding hydrogens is 257 g/mol. The Balaban J connectivity index is 1.63. The minimum Gasteiger partial charge on any atom is -0.381 e. The summed E-state index contributed by atoms with van der Waals surface area (Å²) in [6, 6.07) is 6.75. The van der Waals surface area contributed by atoms with E-state index < -0.39 is 0 Å². The molecule has 1 aromatic rings. The summed E-state index contributed by atoms with van der Waals surface area (Å²) >= 11 is 0. The molecule has 2 aliphatic rings. The summed E-state index contributed by atoms with van der Waals surface area (Å²) in [7, 11) is 0. The second-order valence-corrected chi connectivity index (χ2v) is 5.71. The van der Waals surface area contributed by atoms with Crippen LogP contribution in [0.5, 0.6) is 0 Å². The molecule has 20 heavy (non-hydrogen) atoms. The molecule has 0 saturated carbocycles. The third kappa shape index (κ3) is 2.85. The molecule has 1 amide bonds. The average Bonchev–Trinajstić information content (AvgIpc) is 2.97. The second-order valence-electron chi connectivity index (χ2n) is 5.71. The maximum atomic E-state index is 13.3. The lowest BCUT2D eigenvalue weighted by Gasteiger charge is -2.26. The molecule has 2 heterocycles. The third-order valence-corrected chi connectivity index (χ3v) is 4.39. The zero-order valence-electron chi connectivity index (χ0n) is 11.6. The van der Waals surface area contributed by atoms with E-state index in [9.17, 15) is 9.18 Å². The molecule has 108 valence electrons. The van der Waals surface area contributed by atoms with Crippen molar-refractivity contribution in [2.24, 2.45) is 5.92 Å². The SMILES string of the molecule is O=C(C1CCOCC1)N1CCC(c2cccc(F)c2)C1. The number of carbonyl (C=O) groups excluding carboxylic acids is 1. The number of nitrogens with zero attached hydrogens (tertiary/aromatic N) is 1. The van der Waals surface area contributed by atoms with Gasteiger partial charge in [0.1, 0.15) is 5.82 Å². The molecular formula is C16H20FNO2. The summed E-state index contributed by atoms with van der Waals surface area (Å²) in [5.41, 5.74) is 1.01. The van der Waals surface area contributed by atoms with E-state index in [1.165, 1.54) is 6.07 Å². The van der Waals surface area contributed by atoms with Gasteiger partial charge in [-0.3, -0.25) is 4.79 Å². The second kappa shape index (κ2) is 5.92. The van der Waals surface area contributed by atoms with E-state index in [4.69, 9.17) is 4.74 Å². The Bertz CT molecular complexity index is 485. The fourth-order valence-electron chi connectivity index (χ4n) is 3.20.